The molecule has 1 aromatic rings. The van der Waals surface area contributed by atoms with Gasteiger partial charge < -0.3 is 10.6 Å². The number of nitrogens with zero attached hydrogens (tertiary/aromatic N) is 4. The molecule has 0 bridgehead atoms. The number of halogens is 1. The number of rotatable bonds is 4. The maximum absolute atomic E-state index is 14.3. The largest absolute Gasteiger partial charge is 0.350 e. The van der Waals surface area contributed by atoms with Gasteiger partial charge in [0.15, 0.2) is 0 Å². The smallest absolute Gasteiger partial charge is 0.336 e. The van der Waals surface area contributed by atoms with E-state index in [1.165, 1.54) is 31.3 Å². The van der Waals surface area contributed by atoms with Gasteiger partial charge in [0.2, 0.25) is 5.91 Å². The standard InChI is InChI=1S/C18H17FN6O4S/c1-10(16-13(19)5-11(6-20)8-22-16)23-15(26)9-25-18(27)24-14-4-2-3-12(7-21)17(14)30(25,28)29/h2-4,8,10-11,13,16H,5,9H2,1H3,(H,23,26)(H,24,27)/t10-,11?,13?,16?/m1/s1. The summed E-state index contributed by atoms with van der Waals surface area (Å²) in [7, 11) is -4.45. The molecule has 0 fully saturated rings. The molecule has 0 aromatic heterocycles. The molecule has 10 nitrogen and oxygen atoms in total. The molecule has 0 saturated heterocycles. The Morgan fingerprint density at radius 2 is 2.20 bits per heavy atom. The predicted molar refractivity (Wildman–Crippen MR) is 103 cm³/mol. The van der Waals surface area contributed by atoms with E-state index in [-0.39, 0.29) is 17.7 Å². The van der Waals surface area contributed by atoms with Gasteiger partial charge in [-0.3, -0.25) is 9.79 Å². The second-order valence-corrected chi connectivity index (χ2v) is 8.67. The Kier molecular flexibility index (Phi) is 5.71. The number of alkyl halides is 1. The molecule has 156 valence electrons. The first kappa shape index (κ1) is 21.2. The summed E-state index contributed by atoms with van der Waals surface area (Å²) >= 11 is 0. The molecular formula is C18H17FN6O4S. The molecule has 2 heterocycles. The predicted octanol–water partition coefficient (Wildman–Crippen LogP) is 0.920. The molecule has 0 radical (unpaired) electrons. The molecule has 30 heavy (non-hydrogen) atoms. The van der Waals surface area contributed by atoms with Crippen molar-refractivity contribution >= 4 is 33.9 Å². The van der Waals surface area contributed by atoms with Gasteiger partial charge in [-0.25, -0.2) is 21.9 Å². The lowest BCUT2D eigenvalue weighted by atomic mass is 9.93. The number of hydrogen-bond acceptors (Lipinski definition) is 7. The van der Waals surface area contributed by atoms with Crippen molar-refractivity contribution < 1.29 is 22.4 Å². The number of hydrogen-bond donors (Lipinski definition) is 2. The van der Waals surface area contributed by atoms with Crippen LogP contribution in [-0.2, 0) is 14.8 Å². The molecule has 2 aliphatic heterocycles. The summed E-state index contributed by atoms with van der Waals surface area (Å²) in [6, 6.07) is 4.91. The topological polar surface area (TPSA) is 156 Å². The van der Waals surface area contributed by atoms with Crippen LogP contribution in [0.15, 0.2) is 28.1 Å². The van der Waals surface area contributed by atoms with E-state index in [0.29, 0.717) is 4.31 Å². The molecule has 2 N–H and O–H groups in total. The number of carbonyl (C=O) groups is 2. The summed E-state index contributed by atoms with van der Waals surface area (Å²) in [5, 5.41) is 22.8. The van der Waals surface area contributed by atoms with Crippen LogP contribution in [-0.4, -0.2) is 55.7 Å². The first-order valence-corrected chi connectivity index (χ1v) is 10.4. The molecule has 3 unspecified atom stereocenters. The summed E-state index contributed by atoms with van der Waals surface area (Å²) in [6.45, 7) is 0.638. The van der Waals surface area contributed by atoms with E-state index < -0.39 is 57.6 Å². The Hall–Kier alpha value is -3.51. The number of nitrogens with one attached hydrogen (secondary N) is 2. The minimum absolute atomic E-state index is 0.0482. The van der Waals surface area contributed by atoms with Crippen molar-refractivity contribution in [2.75, 3.05) is 11.9 Å². The van der Waals surface area contributed by atoms with Gasteiger partial charge in [-0.1, -0.05) is 6.07 Å². The first-order chi connectivity index (χ1) is 14.2. The van der Waals surface area contributed by atoms with Gasteiger partial charge in [-0.2, -0.15) is 10.5 Å². The zero-order valence-electron chi connectivity index (χ0n) is 15.7. The number of nitriles is 2. The normalized spacial score (nSPS) is 25.3. The molecule has 3 rings (SSSR count). The Balaban J connectivity index is 1.76. The van der Waals surface area contributed by atoms with Gasteiger partial charge >= 0.3 is 6.03 Å². The summed E-state index contributed by atoms with van der Waals surface area (Å²) in [5.74, 6) is -1.49. The van der Waals surface area contributed by atoms with E-state index in [4.69, 9.17) is 5.26 Å². The molecule has 3 amide bonds. The lowest BCUT2D eigenvalue weighted by molar-refractivity contribution is -0.121. The minimum Gasteiger partial charge on any atom is -0.350 e. The summed E-state index contributed by atoms with van der Waals surface area (Å²) in [5.41, 5.74) is -0.219. The molecule has 12 heteroatoms. The van der Waals surface area contributed by atoms with E-state index in [0.717, 1.165) is 0 Å². The van der Waals surface area contributed by atoms with Crippen molar-refractivity contribution in [1.29, 1.82) is 10.5 Å². The SMILES string of the molecule is C[C@@H](NC(=O)CN1C(=O)Nc2cccc(C#N)c2S1(=O)=O)C1N=CC(C#N)CC1F. The highest BCUT2D eigenvalue weighted by atomic mass is 32.2. The van der Waals surface area contributed by atoms with Crippen LogP contribution in [0.1, 0.15) is 18.9 Å². The molecule has 2 aliphatic rings. The lowest BCUT2D eigenvalue weighted by Crippen LogP contribution is -2.52. The van der Waals surface area contributed by atoms with Crippen LogP contribution >= 0.6 is 0 Å². The summed E-state index contributed by atoms with van der Waals surface area (Å²) < 4.78 is 40.3. The van der Waals surface area contributed by atoms with E-state index in [2.05, 4.69) is 15.6 Å². The zero-order chi connectivity index (χ0) is 22.1. The molecule has 4 atom stereocenters. The van der Waals surface area contributed by atoms with Crippen molar-refractivity contribution in [2.45, 2.75) is 36.5 Å². The maximum Gasteiger partial charge on any atom is 0.336 e. The summed E-state index contributed by atoms with van der Waals surface area (Å²) in [4.78, 5) is 28.3. The fourth-order valence-corrected chi connectivity index (χ4v) is 4.90. The van der Waals surface area contributed by atoms with E-state index >= 15 is 0 Å². The van der Waals surface area contributed by atoms with Gasteiger partial charge in [-0.05, 0) is 19.1 Å². The number of benzene rings is 1. The highest BCUT2D eigenvalue weighted by Crippen LogP contribution is 2.32. The van der Waals surface area contributed by atoms with Crippen molar-refractivity contribution in [3.63, 3.8) is 0 Å². The molecular weight excluding hydrogens is 415 g/mol. The minimum atomic E-state index is -4.45. The fourth-order valence-electron chi connectivity index (χ4n) is 3.34. The van der Waals surface area contributed by atoms with Crippen molar-refractivity contribution in [3.05, 3.63) is 23.8 Å². The quantitative estimate of drug-likeness (QED) is 0.721. The number of urea groups is 1. The zero-order valence-corrected chi connectivity index (χ0v) is 16.6. The van der Waals surface area contributed by atoms with Crippen LogP contribution in [0.2, 0.25) is 0 Å². The third-order valence-corrected chi connectivity index (χ3v) is 6.62. The third-order valence-electron chi connectivity index (χ3n) is 4.79. The molecule has 1 aromatic carbocycles. The number of amides is 3. The van der Waals surface area contributed by atoms with Crippen molar-refractivity contribution in [1.82, 2.24) is 9.62 Å². The number of aliphatic imine (C=N–C) groups is 1. The number of fused-ring (bicyclic) bond motifs is 1. The van der Waals surface area contributed by atoms with Crippen molar-refractivity contribution in [3.8, 4) is 12.1 Å². The second-order valence-electron chi connectivity index (χ2n) is 6.87. The Labute approximate surface area is 172 Å². The average molecular weight is 432 g/mol. The van der Waals surface area contributed by atoms with Crippen LogP contribution in [0.4, 0.5) is 14.9 Å². The van der Waals surface area contributed by atoms with Gasteiger partial charge in [-0.15, -0.1) is 0 Å². The molecule has 0 spiro atoms. The molecule has 0 aliphatic carbocycles. The van der Waals surface area contributed by atoms with E-state index in [1.54, 1.807) is 6.07 Å². The van der Waals surface area contributed by atoms with E-state index in [9.17, 15) is 27.7 Å². The third kappa shape index (κ3) is 3.82. The highest BCUT2D eigenvalue weighted by Gasteiger charge is 2.40. The van der Waals surface area contributed by atoms with Crippen LogP contribution < -0.4 is 10.6 Å². The van der Waals surface area contributed by atoms with Crippen LogP contribution in [0.3, 0.4) is 0 Å². The van der Waals surface area contributed by atoms with Crippen molar-refractivity contribution in [2.24, 2.45) is 10.9 Å². The van der Waals surface area contributed by atoms with Gasteiger partial charge in [0.25, 0.3) is 10.0 Å². The van der Waals surface area contributed by atoms with Gasteiger partial charge in [0.05, 0.1) is 29.3 Å². The van der Waals surface area contributed by atoms with Gasteiger partial charge in [0, 0.05) is 12.6 Å². The molecule has 0 saturated carbocycles. The average Bonchev–Trinajstić information content (AvgIpc) is 2.70. The van der Waals surface area contributed by atoms with Gasteiger partial charge in [0.1, 0.15) is 29.7 Å². The number of carbonyl (C=O) groups excluding carboxylic acids is 2. The second kappa shape index (κ2) is 8.08. The Bertz CT molecular complexity index is 1110. The Morgan fingerprint density at radius 1 is 1.47 bits per heavy atom. The van der Waals surface area contributed by atoms with Crippen LogP contribution in [0.25, 0.3) is 0 Å². The Morgan fingerprint density at radius 3 is 2.83 bits per heavy atom. The van der Waals surface area contributed by atoms with Crippen LogP contribution in [0, 0.1) is 28.6 Å². The number of sulfonamides is 1. The van der Waals surface area contributed by atoms with E-state index in [1.807, 2.05) is 6.07 Å². The highest BCUT2D eigenvalue weighted by molar-refractivity contribution is 7.90. The first-order valence-electron chi connectivity index (χ1n) is 8.92. The fraction of sp³-hybridized carbons (Fsp3) is 0.389. The monoisotopic (exact) mass is 432 g/mol. The van der Waals surface area contributed by atoms with Crippen LogP contribution in [0.5, 0.6) is 0 Å². The maximum atomic E-state index is 14.3. The number of anilines is 1. The summed E-state index contributed by atoms with van der Waals surface area (Å²) in [6.07, 6.45) is -0.185. The lowest BCUT2D eigenvalue weighted by Gasteiger charge is -2.31.